The maximum atomic E-state index is 12.6. The SMILES string of the molecule is CCCCNC(=O)C1CCN(C(=O)C(N)c2ccc(C)cc2)CC1. The second kappa shape index (κ2) is 8.83. The Kier molecular flexibility index (Phi) is 6.79. The summed E-state index contributed by atoms with van der Waals surface area (Å²) in [5.41, 5.74) is 8.11. The molecular formula is C19H29N3O2. The summed E-state index contributed by atoms with van der Waals surface area (Å²) < 4.78 is 0. The van der Waals surface area contributed by atoms with Crippen molar-refractivity contribution in [2.24, 2.45) is 11.7 Å². The van der Waals surface area contributed by atoms with E-state index in [2.05, 4.69) is 12.2 Å². The standard InChI is InChI=1S/C19H29N3O2/c1-3-4-11-21-18(23)16-9-12-22(13-10-16)19(24)17(20)15-7-5-14(2)6-8-15/h5-8,16-17H,3-4,9-13,20H2,1-2H3,(H,21,23). The Morgan fingerprint density at radius 3 is 2.46 bits per heavy atom. The normalized spacial score (nSPS) is 16.7. The second-order valence-electron chi connectivity index (χ2n) is 6.63. The fourth-order valence-corrected chi connectivity index (χ4v) is 3.01. The van der Waals surface area contributed by atoms with E-state index in [9.17, 15) is 9.59 Å². The van der Waals surface area contributed by atoms with Gasteiger partial charge in [0.05, 0.1) is 0 Å². The van der Waals surface area contributed by atoms with E-state index >= 15 is 0 Å². The highest BCUT2D eigenvalue weighted by molar-refractivity contribution is 5.84. The van der Waals surface area contributed by atoms with Crippen molar-refractivity contribution in [1.82, 2.24) is 10.2 Å². The van der Waals surface area contributed by atoms with Gasteiger partial charge in [-0.2, -0.15) is 0 Å². The fraction of sp³-hybridized carbons (Fsp3) is 0.579. The molecule has 2 amide bonds. The molecule has 0 spiro atoms. The molecule has 1 aromatic carbocycles. The van der Waals surface area contributed by atoms with Gasteiger partial charge in [0, 0.05) is 25.6 Å². The first-order chi connectivity index (χ1) is 11.5. The molecule has 1 aliphatic heterocycles. The maximum absolute atomic E-state index is 12.6. The maximum Gasteiger partial charge on any atom is 0.244 e. The number of benzene rings is 1. The number of aryl methyl sites for hydroxylation is 1. The third-order valence-corrected chi connectivity index (χ3v) is 4.71. The van der Waals surface area contributed by atoms with Gasteiger partial charge >= 0.3 is 0 Å². The molecule has 0 radical (unpaired) electrons. The quantitative estimate of drug-likeness (QED) is 0.784. The van der Waals surface area contributed by atoms with Crippen LogP contribution in [0.3, 0.4) is 0 Å². The zero-order chi connectivity index (χ0) is 17.5. The Morgan fingerprint density at radius 2 is 1.88 bits per heavy atom. The lowest BCUT2D eigenvalue weighted by molar-refractivity contribution is -0.136. The molecule has 132 valence electrons. The zero-order valence-corrected chi connectivity index (χ0v) is 14.8. The van der Waals surface area contributed by atoms with Crippen molar-refractivity contribution in [1.29, 1.82) is 0 Å². The third-order valence-electron chi connectivity index (χ3n) is 4.71. The molecule has 1 atom stereocenters. The monoisotopic (exact) mass is 331 g/mol. The number of nitrogens with two attached hydrogens (primary N) is 1. The van der Waals surface area contributed by atoms with Gasteiger partial charge in [0.2, 0.25) is 11.8 Å². The van der Waals surface area contributed by atoms with Gasteiger partial charge in [-0.05, 0) is 31.7 Å². The summed E-state index contributed by atoms with van der Waals surface area (Å²) in [4.78, 5) is 26.5. The second-order valence-corrected chi connectivity index (χ2v) is 6.63. The number of likely N-dealkylation sites (tertiary alicyclic amines) is 1. The molecule has 0 aliphatic carbocycles. The molecule has 0 aromatic heterocycles. The van der Waals surface area contributed by atoms with E-state index in [1.807, 2.05) is 31.2 Å². The van der Waals surface area contributed by atoms with Crippen LogP contribution in [-0.2, 0) is 9.59 Å². The summed E-state index contributed by atoms with van der Waals surface area (Å²) in [5.74, 6) is 0.0866. The topological polar surface area (TPSA) is 75.4 Å². The lowest BCUT2D eigenvalue weighted by Gasteiger charge is -2.33. The molecule has 1 fully saturated rings. The molecule has 24 heavy (non-hydrogen) atoms. The van der Waals surface area contributed by atoms with Crippen molar-refractivity contribution < 1.29 is 9.59 Å². The van der Waals surface area contributed by atoms with Crippen molar-refractivity contribution in [2.75, 3.05) is 19.6 Å². The number of rotatable bonds is 6. The van der Waals surface area contributed by atoms with E-state index in [-0.39, 0.29) is 17.7 Å². The number of hydrogen-bond acceptors (Lipinski definition) is 3. The Bertz CT molecular complexity index is 548. The average Bonchev–Trinajstić information content (AvgIpc) is 2.61. The molecule has 1 saturated heterocycles. The summed E-state index contributed by atoms with van der Waals surface area (Å²) in [6.45, 7) is 6.06. The smallest absolute Gasteiger partial charge is 0.244 e. The molecule has 1 unspecified atom stereocenters. The van der Waals surface area contributed by atoms with Gasteiger partial charge in [0.15, 0.2) is 0 Å². The number of unbranched alkanes of at least 4 members (excludes halogenated alkanes) is 1. The van der Waals surface area contributed by atoms with Crippen LogP contribution in [0, 0.1) is 12.8 Å². The fourth-order valence-electron chi connectivity index (χ4n) is 3.01. The Labute approximate surface area is 144 Å². The summed E-state index contributed by atoms with van der Waals surface area (Å²) in [6.07, 6.45) is 3.51. The minimum atomic E-state index is -0.625. The number of nitrogens with one attached hydrogen (secondary N) is 1. The van der Waals surface area contributed by atoms with Gasteiger partial charge < -0.3 is 16.0 Å². The van der Waals surface area contributed by atoms with Crippen molar-refractivity contribution in [3.8, 4) is 0 Å². The van der Waals surface area contributed by atoms with Crippen molar-refractivity contribution in [2.45, 2.75) is 45.6 Å². The van der Waals surface area contributed by atoms with E-state index in [1.54, 1.807) is 4.90 Å². The molecular weight excluding hydrogens is 302 g/mol. The molecule has 2 rings (SSSR count). The van der Waals surface area contributed by atoms with Crippen LogP contribution in [-0.4, -0.2) is 36.3 Å². The van der Waals surface area contributed by atoms with Crippen LogP contribution in [0.4, 0.5) is 0 Å². The number of amides is 2. The van der Waals surface area contributed by atoms with E-state index in [1.165, 1.54) is 0 Å². The molecule has 0 saturated carbocycles. The highest BCUT2D eigenvalue weighted by Gasteiger charge is 2.29. The highest BCUT2D eigenvalue weighted by atomic mass is 16.2. The van der Waals surface area contributed by atoms with Gasteiger partial charge in [-0.15, -0.1) is 0 Å². The Morgan fingerprint density at radius 1 is 1.25 bits per heavy atom. The van der Waals surface area contributed by atoms with Crippen LogP contribution in [0.1, 0.15) is 49.8 Å². The number of piperidine rings is 1. The summed E-state index contributed by atoms with van der Waals surface area (Å²) in [7, 11) is 0. The van der Waals surface area contributed by atoms with Crippen molar-refractivity contribution in [3.05, 3.63) is 35.4 Å². The first-order valence-corrected chi connectivity index (χ1v) is 8.91. The van der Waals surface area contributed by atoms with Gasteiger partial charge in [-0.3, -0.25) is 9.59 Å². The van der Waals surface area contributed by atoms with Crippen LogP contribution in [0.5, 0.6) is 0 Å². The van der Waals surface area contributed by atoms with Crippen LogP contribution in [0.25, 0.3) is 0 Å². The Hall–Kier alpha value is -1.88. The molecule has 3 N–H and O–H groups in total. The van der Waals surface area contributed by atoms with Crippen molar-refractivity contribution >= 4 is 11.8 Å². The van der Waals surface area contributed by atoms with Gasteiger partial charge in [-0.1, -0.05) is 43.2 Å². The van der Waals surface area contributed by atoms with Gasteiger partial charge in [0.25, 0.3) is 0 Å². The molecule has 1 aliphatic rings. The lowest BCUT2D eigenvalue weighted by Crippen LogP contribution is -2.46. The van der Waals surface area contributed by atoms with Crippen LogP contribution >= 0.6 is 0 Å². The summed E-state index contributed by atoms with van der Waals surface area (Å²) in [5, 5.41) is 2.98. The summed E-state index contributed by atoms with van der Waals surface area (Å²) in [6, 6.07) is 7.13. The molecule has 1 heterocycles. The number of carbonyl (C=O) groups is 2. The van der Waals surface area contributed by atoms with E-state index < -0.39 is 6.04 Å². The highest BCUT2D eigenvalue weighted by Crippen LogP contribution is 2.21. The minimum Gasteiger partial charge on any atom is -0.356 e. The zero-order valence-electron chi connectivity index (χ0n) is 14.8. The first-order valence-electron chi connectivity index (χ1n) is 8.91. The van der Waals surface area contributed by atoms with Crippen molar-refractivity contribution in [3.63, 3.8) is 0 Å². The summed E-state index contributed by atoms with van der Waals surface area (Å²) >= 11 is 0. The minimum absolute atomic E-state index is 0.0153. The van der Waals surface area contributed by atoms with Crippen LogP contribution in [0.2, 0.25) is 0 Å². The van der Waals surface area contributed by atoms with E-state index in [4.69, 9.17) is 5.73 Å². The van der Waals surface area contributed by atoms with E-state index in [0.29, 0.717) is 25.9 Å². The predicted octanol–water partition coefficient (Wildman–Crippen LogP) is 2.15. The molecule has 5 heteroatoms. The largest absolute Gasteiger partial charge is 0.356 e. The molecule has 0 bridgehead atoms. The van der Waals surface area contributed by atoms with Crippen LogP contribution < -0.4 is 11.1 Å². The third kappa shape index (κ3) is 4.81. The lowest BCUT2D eigenvalue weighted by atomic mass is 9.94. The van der Waals surface area contributed by atoms with Gasteiger partial charge in [-0.25, -0.2) is 0 Å². The molecule has 5 nitrogen and oxygen atoms in total. The number of carbonyl (C=O) groups excluding carboxylic acids is 2. The molecule has 1 aromatic rings. The van der Waals surface area contributed by atoms with E-state index in [0.717, 1.165) is 30.5 Å². The Balaban J connectivity index is 1.83. The first kappa shape index (κ1) is 18.5. The predicted molar refractivity (Wildman–Crippen MR) is 95.3 cm³/mol. The average molecular weight is 331 g/mol. The number of hydrogen-bond donors (Lipinski definition) is 2. The number of nitrogens with zero attached hydrogens (tertiary/aromatic N) is 1. The van der Waals surface area contributed by atoms with Gasteiger partial charge in [0.1, 0.15) is 6.04 Å². The van der Waals surface area contributed by atoms with Crippen LogP contribution in [0.15, 0.2) is 24.3 Å².